The van der Waals surface area contributed by atoms with Crippen LogP contribution in [0.3, 0.4) is 0 Å². The van der Waals surface area contributed by atoms with Gasteiger partial charge in [0.25, 0.3) is 0 Å². The van der Waals surface area contributed by atoms with E-state index in [1.54, 1.807) is 19.1 Å². The highest BCUT2D eigenvalue weighted by atomic mass is 35.5. The molecule has 0 aliphatic rings. The number of aromatic nitrogens is 2. The standard InChI is InChI=1S/C13H15ClN4O/c1-7-6-10(4-5-11(7)14)19-13-8(2)12(18-15)16-9(3)17-13/h4-6H,15H2,1-3H3,(H,16,17,18). The summed E-state index contributed by atoms with van der Waals surface area (Å²) in [6.07, 6.45) is 0. The average molecular weight is 279 g/mol. The van der Waals surface area contributed by atoms with Gasteiger partial charge in [-0.3, -0.25) is 0 Å². The lowest BCUT2D eigenvalue weighted by Crippen LogP contribution is -2.12. The molecule has 1 aromatic heterocycles. The second-order valence-electron chi connectivity index (χ2n) is 4.21. The fraction of sp³-hybridized carbons (Fsp3) is 0.231. The number of anilines is 1. The first-order valence-corrected chi connectivity index (χ1v) is 6.15. The first-order chi connectivity index (χ1) is 9.01. The minimum atomic E-state index is 0.474. The fourth-order valence-corrected chi connectivity index (χ4v) is 1.75. The summed E-state index contributed by atoms with van der Waals surface area (Å²) in [5.74, 6) is 7.69. The number of hydrogen-bond acceptors (Lipinski definition) is 5. The normalized spacial score (nSPS) is 10.4. The van der Waals surface area contributed by atoms with Gasteiger partial charge in [-0.25, -0.2) is 10.8 Å². The van der Waals surface area contributed by atoms with Gasteiger partial charge >= 0.3 is 0 Å². The van der Waals surface area contributed by atoms with Crippen molar-refractivity contribution in [3.8, 4) is 11.6 Å². The molecule has 0 aliphatic heterocycles. The predicted octanol–water partition coefficient (Wildman–Crippen LogP) is 3.13. The molecule has 0 radical (unpaired) electrons. The molecule has 0 aliphatic carbocycles. The van der Waals surface area contributed by atoms with Crippen molar-refractivity contribution in [1.29, 1.82) is 0 Å². The SMILES string of the molecule is Cc1nc(NN)c(C)c(Oc2ccc(Cl)c(C)c2)n1. The minimum Gasteiger partial charge on any atom is -0.439 e. The highest BCUT2D eigenvalue weighted by Crippen LogP contribution is 2.28. The summed E-state index contributed by atoms with van der Waals surface area (Å²) >= 11 is 5.98. The van der Waals surface area contributed by atoms with Crippen LogP contribution >= 0.6 is 11.6 Å². The number of nitrogens with one attached hydrogen (secondary N) is 1. The zero-order chi connectivity index (χ0) is 14.0. The van der Waals surface area contributed by atoms with Crippen LogP contribution in [0.15, 0.2) is 18.2 Å². The Balaban J connectivity index is 2.37. The molecule has 6 heteroatoms. The molecule has 0 bridgehead atoms. The van der Waals surface area contributed by atoms with E-state index < -0.39 is 0 Å². The van der Waals surface area contributed by atoms with Gasteiger partial charge in [-0.15, -0.1) is 0 Å². The van der Waals surface area contributed by atoms with Gasteiger partial charge in [-0.2, -0.15) is 4.98 Å². The van der Waals surface area contributed by atoms with Crippen LogP contribution in [0.4, 0.5) is 5.82 Å². The minimum absolute atomic E-state index is 0.474. The molecule has 0 spiro atoms. The van der Waals surface area contributed by atoms with E-state index in [1.165, 1.54) is 0 Å². The third-order valence-corrected chi connectivity index (χ3v) is 3.12. The molecule has 0 amide bonds. The quantitative estimate of drug-likeness (QED) is 0.666. The van der Waals surface area contributed by atoms with Crippen LogP contribution in [0, 0.1) is 20.8 Å². The highest BCUT2D eigenvalue weighted by molar-refractivity contribution is 6.31. The summed E-state index contributed by atoms with van der Waals surface area (Å²) in [5, 5.41) is 0.701. The molecule has 2 rings (SSSR count). The monoisotopic (exact) mass is 278 g/mol. The second-order valence-corrected chi connectivity index (χ2v) is 4.61. The van der Waals surface area contributed by atoms with Crippen molar-refractivity contribution in [2.24, 2.45) is 5.84 Å². The van der Waals surface area contributed by atoms with Crippen molar-refractivity contribution < 1.29 is 4.74 Å². The number of nitrogens with two attached hydrogens (primary N) is 1. The Bertz CT molecular complexity index is 616. The maximum Gasteiger partial charge on any atom is 0.227 e. The van der Waals surface area contributed by atoms with E-state index in [0.29, 0.717) is 28.3 Å². The second kappa shape index (κ2) is 5.42. The largest absolute Gasteiger partial charge is 0.439 e. The fourth-order valence-electron chi connectivity index (χ4n) is 1.63. The molecular formula is C13H15ClN4O. The van der Waals surface area contributed by atoms with E-state index in [4.69, 9.17) is 22.2 Å². The number of rotatable bonds is 3. The maximum atomic E-state index is 5.98. The van der Waals surface area contributed by atoms with E-state index in [0.717, 1.165) is 11.1 Å². The topological polar surface area (TPSA) is 73.1 Å². The Morgan fingerprint density at radius 1 is 1.21 bits per heavy atom. The Labute approximate surface area is 116 Å². The predicted molar refractivity (Wildman–Crippen MR) is 75.6 cm³/mol. The lowest BCUT2D eigenvalue weighted by Gasteiger charge is -2.12. The summed E-state index contributed by atoms with van der Waals surface area (Å²) in [5.41, 5.74) is 4.23. The molecule has 100 valence electrons. The van der Waals surface area contributed by atoms with Crippen LogP contribution in [0.5, 0.6) is 11.6 Å². The molecule has 2 aromatic rings. The lowest BCUT2D eigenvalue weighted by atomic mass is 10.2. The van der Waals surface area contributed by atoms with Crippen molar-refractivity contribution in [3.63, 3.8) is 0 Å². The van der Waals surface area contributed by atoms with Crippen molar-refractivity contribution in [2.75, 3.05) is 5.43 Å². The van der Waals surface area contributed by atoms with E-state index in [-0.39, 0.29) is 0 Å². The molecular weight excluding hydrogens is 264 g/mol. The summed E-state index contributed by atoms with van der Waals surface area (Å²) in [4.78, 5) is 8.44. The summed E-state index contributed by atoms with van der Waals surface area (Å²) in [6.45, 7) is 5.53. The summed E-state index contributed by atoms with van der Waals surface area (Å²) in [7, 11) is 0. The van der Waals surface area contributed by atoms with Crippen LogP contribution in [0.2, 0.25) is 5.02 Å². The Morgan fingerprint density at radius 3 is 2.58 bits per heavy atom. The van der Waals surface area contributed by atoms with Gasteiger partial charge in [0.1, 0.15) is 17.4 Å². The summed E-state index contributed by atoms with van der Waals surface area (Å²) in [6, 6.07) is 5.44. The Kier molecular flexibility index (Phi) is 3.87. The first-order valence-electron chi connectivity index (χ1n) is 5.77. The molecule has 0 fully saturated rings. The maximum absolute atomic E-state index is 5.98. The molecule has 0 saturated carbocycles. The van der Waals surface area contributed by atoms with Crippen LogP contribution in [0.1, 0.15) is 17.0 Å². The molecule has 0 atom stereocenters. The van der Waals surface area contributed by atoms with E-state index >= 15 is 0 Å². The summed E-state index contributed by atoms with van der Waals surface area (Å²) < 4.78 is 5.76. The molecule has 0 unspecified atom stereocenters. The van der Waals surface area contributed by atoms with E-state index in [9.17, 15) is 0 Å². The molecule has 1 aromatic carbocycles. The van der Waals surface area contributed by atoms with Gasteiger partial charge in [-0.05, 0) is 44.5 Å². The van der Waals surface area contributed by atoms with Crippen molar-refractivity contribution in [2.45, 2.75) is 20.8 Å². The van der Waals surface area contributed by atoms with E-state index in [2.05, 4.69) is 15.4 Å². The number of benzene rings is 1. The van der Waals surface area contributed by atoms with Crippen molar-refractivity contribution in [1.82, 2.24) is 9.97 Å². The third-order valence-electron chi connectivity index (χ3n) is 2.69. The number of ether oxygens (including phenoxy) is 1. The van der Waals surface area contributed by atoms with Crippen molar-refractivity contribution in [3.05, 3.63) is 40.2 Å². The number of halogens is 1. The van der Waals surface area contributed by atoms with Crippen LogP contribution < -0.4 is 16.0 Å². The number of nitrogen functional groups attached to an aromatic ring is 1. The molecule has 5 nitrogen and oxygen atoms in total. The van der Waals surface area contributed by atoms with Gasteiger partial charge in [0.15, 0.2) is 0 Å². The molecule has 1 heterocycles. The van der Waals surface area contributed by atoms with Gasteiger partial charge in [-0.1, -0.05) is 11.6 Å². The van der Waals surface area contributed by atoms with E-state index in [1.807, 2.05) is 19.9 Å². The van der Waals surface area contributed by atoms with Gasteiger partial charge in [0.05, 0.1) is 5.56 Å². The number of hydrazine groups is 1. The van der Waals surface area contributed by atoms with Gasteiger partial charge in [0, 0.05) is 5.02 Å². The van der Waals surface area contributed by atoms with Crippen LogP contribution in [-0.4, -0.2) is 9.97 Å². The van der Waals surface area contributed by atoms with Crippen LogP contribution in [0.25, 0.3) is 0 Å². The lowest BCUT2D eigenvalue weighted by molar-refractivity contribution is 0.455. The number of nitrogens with zero attached hydrogens (tertiary/aromatic N) is 2. The third kappa shape index (κ3) is 2.94. The smallest absolute Gasteiger partial charge is 0.227 e. The van der Waals surface area contributed by atoms with Crippen LogP contribution in [-0.2, 0) is 0 Å². The number of aryl methyl sites for hydroxylation is 2. The first kappa shape index (κ1) is 13.6. The zero-order valence-corrected chi connectivity index (χ0v) is 11.7. The average Bonchev–Trinajstić information content (AvgIpc) is 2.37. The number of hydrogen-bond donors (Lipinski definition) is 2. The van der Waals surface area contributed by atoms with Gasteiger partial charge < -0.3 is 10.2 Å². The van der Waals surface area contributed by atoms with Gasteiger partial charge in [0.2, 0.25) is 5.88 Å². The molecule has 19 heavy (non-hydrogen) atoms. The zero-order valence-electron chi connectivity index (χ0n) is 11.0. The molecule has 3 N–H and O–H groups in total. The Hall–Kier alpha value is -1.85. The highest BCUT2D eigenvalue weighted by Gasteiger charge is 2.11. The molecule has 0 saturated heterocycles. The van der Waals surface area contributed by atoms with Crippen molar-refractivity contribution >= 4 is 17.4 Å². The Morgan fingerprint density at radius 2 is 1.95 bits per heavy atom.